The van der Waals surface area contributed by atoms with E-state index in [1.165, 1.54) is 12.1 Å². The Hall–Kier alpha value is -1.88. The second-order valence-electron chi connectivity index (χ2n) is 4.70. The van der Waals surface area contributed by atoms with E-state index in [9.17, 15) is 9.18 Å². The molecule has 0 bridgehead atoms. The number of halogens is 1. The lowest BCUT2D eigenvalue weighted by Crippen LogP contribution is -2.42. The van der Waals surface area contributed by atoms with Crippen molar-refractivity contribution >= 4 is 17.7 Å². The first-order valence-electron chi connectivity index (χ1n) is 6.68. The van der Waals surface area contributed by atoms with E-state index in [1.54, 1.807) is 12.1 Å². The molecular formula is C15H18FNO3. The molecular weight excluding hydrogens is 261 g/mol. The molecule has 0 spiro atoms. The van der Waals surface area contributed by atoms with Gasteiger partial charge in [0.25, 0.3) is 0 Å². The van der Waals surface area contributed by atoms with Crippen molar-refractivity contribution in [3.05, 3.63) is 35.7 Å². The van der Waals surface area contributed by atoms with E-state index >= 15 is 0 Å². The first kappa shape index (κ1) is 14.5. The number of aliphatic carboxylic acids is 1. The molecule has 108 valence electrons. The number of para-hydroxylation sites is 1. The molecule has 1 aromatic carbocycles. The lowest BCUT2D eigenvalue weighted by atomic mass is 10.1. The van der Waals surface area contributed by atoms with Crippen LogP contribution in [0.15, 0.2) is 24.3 Å². The van der Waals surface area contributed by atoms with Gasteiger partial charge in [0.2, 0.25) is 0 Å². The van der Waals surface area contributed by atoms with Gasteiger partial charge in [-0.2, -0.15) is 0 Å². The van der Waals surface area contributed by atoms with E-state index in [-0.39, 0.29) is 11.9 Å². The molecule has 1 aliphatic heterocycles. The molecule has 1 atom stereocenters. The molecule has 0 amide bonds. The molecule has 0 radical (unpaired) electrons. The number of morpholine rings is 1. The van der Waals surface area contributed by atoms with Gasteiger partial charge >= 0.3 is 5.97 Å². The second-order valence-corrected chi connectivity index (χ2v) is 4.70. The van der Waals surface area contributed by atoms with Gasteiger partial charge in [0.15, 0.2) is 0 Å². The molecule has 20 heavy (non-hydrogen) atoms. The highest BCUT2D eigenvalue weighted by atomic mass is 19.1. The maximum atomic E-state index is 14.1. The van der Waals surface area contributed by atoms with Gasteiger partial charge in [0.05, 0.1) is 18.4 Å². The Morgan fingerprint density at radius 1 is 1.60 bits per heavy atom. The highest BCUT2D eigenvalue weighted by molar-refractivity contribution is 5.87. The number of ether oxygens (including phenoxy) is 1. The minimum atomic E-state index is -1.05. The number of carboxylic acid groups (broad SMARTS) is 1. The zero-order chi connectivity index (χ0) is 14.5. The fourth-order valence-electron chi connectivity index (χ4n) is 2.33. The molecule has 1 unspecified atom stereocenters. The van der Waals surface area contributed by atoms with Gasteiger partial charge in [-0.05, 0) is 18.6 Å². The number of carboxylic acids is 1. The van der Waals surface area contributed by atoms with Crippen LogP contribution < -0.4 is 4.90 Å². The van der Waals surface area contributed by atoms with Crippen molar-refractivity contribution in [2.24, 2.45) is 0 Å². The SMILES string of the molecule is CCC1CN(c2c(F)cccc2/C=C/C(=O)O)CCO1. The number of hydrogen-bond donors (Lipinski definition) is 1. The number of carbonyl (C=O) groups is 1. The van der Waals surface area contributed by atoms with Crippen LogP contribution in [-0.4, -0.2) is 36.9 Å². The van der Waals surface area contributed by atoms with Crippen LogP contribution in [0.5, 0.6) is 0 Å². The van der Waals surface area contributed by atoms with E-state index in [0.29, 0.717) is 30.9 Å². The minimum absolute atomic E-state index is 0.0830. The summed E-state index contributed by atoms with van der Waals surface area (Å²) in [4.78, 5) is 12.6. The number of nitrogens with zero attached hydrogens (tertiary/aromatic N) is 1. The fraction of sp³-hybridized carbons (Fsp3) is 0.400. The van der Waals surface area contributed by atoms with Crippen LogP contribution in [0.2, 0.25) is 0 Å². The summed E-state index contributed by atoms with van der Waals surface area (Å²) in [6.07, 6.45) is 3.40. The quantitative estimate of drug-likeness (QED) is 0.860. The first-order chi connectivity index (χ1) is 9.61. The second kappa shape index (κ2) is 6.52. The molecule has 2 rings (SSSR count). The van der Waals surface area contributed by atoms with Crippen LogP contribution in [0.1, 0.15) is 18.9 Å². The molecule has 0 aliphatic carbocycles. The third kappa shape index (κ3) is 3.36. The Kier molecular flexibility index (Phi) is 4.74. The Morgan fingerprint density at radius 2 is 2.40 bits per heavy atom. The maximum absolute atomic E-state index is 14.1. The highest BCUT2D eigenvalue weighted by Crippen LogP contribution is 2.27. The monoisotopic (exact) mass is 279 g/mol. The molecule has 1 heterocycles. The van der Waals surface area contributed by atoms with E-state index < -0.39 is 5.97 Å². The standard InChI is InChI=1S/C15H18FNO3/c1-2-12-10-17(8-9-20-12)15-11(6-7-14(18)19)4-3-5-13(15)16/h3-7,12H,2,8-10H2,1H3,(H,18,19)/b7-6+. The molecule has 1 N–H and O–H groups in total. The van der Waals surface area contributed by atoms with Gasteiger partial charge in [0, 0.05) is 24.7 Å². The van der Waals surface area contributed by atoms with Gasteiger partial charge in [-0.25, -0.2) is 9.18 Å². The number of hydrogen-bond acceptors (Lipinski definition) is 3. The van der Waals surface area contributed by atoms with Crippen molar-refractivity contribution < 1.29 is 19.0 Å². The van der Waals surface area contributed by atoms with Crippen LogP contribution in [0.25, 0.3) is 6.08 Å². The molecule has 1 fully saturated rings. The van der Waals surface area contributed by atoms with Crippen molar-refractivity contribution in [1.82, 2.24) is 0 Å². The summed E-state index contributed by atoms with van der Waals surface area (Å²) in [7, 11) is 0. The minimum Gasteiger partial charge on any atom is -0.478 e. The zero-order valence-corrected chi connectivity index (χ0v) is 11.4. The first-order valence-corrected chi connectivity index (χ1v) is 6.68. The average molecular weight is 279 g/mol. The van der Waals surface area contributed by atoms with E-state index in [1.807, 2.05) is 11.8 Å². The summed E-state index contributed by atoms with van der Waals surface area (Å²) >= 11 is 0. The molecule has 1 saturated heterocycles. The molecule has 5 heteroatoms. The van der Waals surface area contributed by atoms with Gasteiger partial charge in [-0.3, -0.25) is 0 Å². The lowest BCUT2D eigenvalue weighted by molar-refractivity contribution is -0.131. The van der Waals surface area contributed by atoms with Crippen molar-refractivity contribution in [1.29, 1.82) is 0 Å². The molecule has 1 aromatic rings. The van der Waals surface area contributed by atoms with E-state index in [4.69, 9.17) is 9.84 Å². The van der Waals surface area contributed by atoms with Crippen molar-refractivity contribution in [3.8, 4) is 0 Å². The summed E-state index contributed by atoms with van der Waals surface area (Å²) in [6, 6.07) is 4.69. The predicted molar refractivity (Wildman–Crippen MR) is 75.3 cm³/mol. The number of anilines is 1. The Labute approximate surface area is 117 Å². The summed E-state index contributed by atoms with van der Waals surface area (Å²) in [5, 5.41) is 8.71. The Morgan fingerprint density at radius 3 is 3.10 bits per heavy atom. The molecule has 0 saturated carbocycles. The lowest BCUT2D eigenvalue weighted by Gasteiger charge is -2.35. The van der Waals surface area contributed by atoms with Gasteiger partial charge in [-0.15, -0.1) is 0 Å². The van der Waals surface area contributed by atoms with Crippen LogP contribution in [0.4, 0.5) is 10.1 Å². The smallest absolute Gasteiger partial charge is 0.328 e. The number of benzene rings is 1. The maximum Gasteiger partial charge on any atom is 0.328 e. The normalized spacial score (nSPS) is 19.5. The third-order valence-electron chi connectivity index (χ3n) is 3.33. The topological polar surface area (TPSA) is 49.8 Å². The van der Waals surface area contributed by atoms with Crippen molar-refractivity contribution in [2.75, 3.05) is 24.6 Å². The zero-order valence-electron chi connectivity index (χ0n) is 11.4. The van der Waals surface area contributed by atoms with Crippen molar-refractivity contribution in [3.63, 3.8) is 0 Å². The fourth-order valence-corrected chi connectivity index (χ4v) is 2.33. The largest absolute Gasteiger partial charge is 0.478 e. The summed E-state index contributed by atoms with van der Waals surface area (Å²) < 4.78 is 19.7. The Bertz CT molecular complexity index is 516. The van der Waals surface area contributed by atoms with Crippen LogP contribution in [-0.2, 0) is 9.53 Å². The summed E-state index contributed by atoms with van der Waals surface area (Å²) in [6.45, 7) is 3.80. The van der Waals surface area contributed by atoms with Gasteiger partial charge in [-0.1, -0.05) is 19.1 Å². The highest BCUT2D eigenvalue weighted by Gasteiger charge is 2.22. The third-order valence-corrected chi connectivity index (χ3v) is 3.33. The number of rotatable bonds is 4. The summed E-state index contributed by atoms with van der Waals surface area (Å²) in [5.74, 6) is -1.39. The van der Waals surface area contributed by atoms with E-state index in [2.05, 4.69) is 0 Å². The van der Waals surface area contributed by atoms with Crippen LogP contribution >= 0.6 is 0 Å². The molecule has 0 aromatic heterocycles. The van der Waals surface area contributed by atoms with Crippen LogP contribution in [0, 0.1) is 5.82 Å². The summed E-state index contributed by atoms with van der Waals surface area (Å²) in [5.41, 5.74) is 1.02. The Balaban J connectivity index is 2.31. The van der Waals surface area contributed by atoms with Crippen molar-refractivity contribution in [2.45, 2.75) is 19.4 Å². The van der Waals surface area contributed by atoms with Gasteiger partial charge in [0.1, 0.15) is 5.82 Å². The van der Waals surface area contributed by atoms with E-state index in [0.717, 1.165) is 12.5 Å². The average Bonchev–Trinajstić information content (AvgIpc) is 2.45. The molecule has 1 aliphatic rings. The van der Waals surface area contributed by atoms with Crippen LogP contribution in [0.3, 0.4) is 0 Å². The predicted octanol–water partition coefficient (Wildman–Crippen LogP) is 2.54. The molecule has 4 nitrogen and oxygen atoms in total. The van der Waals surface area contributed by atoms with Gasteiger partial charge < -0.3 is 14.7 Å².